The number of nitrogens with zero attached hydrogens (tertiary/aromatic N) is 5. The van der Waals surface area contributed by atoms with Crippen LogP contribution in [0.15, 0.2) is 22.6 Å². The summed E-state index contributed by atoms with van der Waals surface area (Å²) in [6, 6.07) is 4.35. The van der Waals surface area contributed by atoms with Crippen molar-refractivity contribution in [2.24, 2.45) is 0 Å². The van der Waals surface area contributed by atoms with Gasteiger partial charge in [-0.1, -0.05) is 0 Å². The molecule has 0 fully saturated rings. The summed E-state index contributed by atoms with van der Waals surface area (Å²) in [7, 11) is 0. The minimum absolute atomic E-state index is 0.233. The molecular formula is C10H8N6O3. The van der Waals surface area contributed by atoms with Crippen molar-refractivity contribution in [1.82, 2.24) is 19.6 Å². The average Bonchev–Trinajstić information content (AvgIpc) is 2.96. The first-order chi connectivity index (χ1) is 9.06. The predicted octanol–water partition coefficient (Wildman–Crippen LogP) is 1.18. The molecular weight excluding hydrogens is 252 g/mol. The zero-order valence-electron chi connectivity index (χ0n) is 9.77. The van der Waals surface area contributed by atoms with Gasteiger partial charge in [-0.2, -0.15) is 0 Å². The number of nitrogens with two attached hydrogens (primary N) is 1. The first-order valence-electron chi connectivity index (χ1n) is 5.29. The molecule has 0 spiro atoms. The van der Waals surface area contributed by atoms with Crippen LogP contribution in [0.5, 0.6) is 0 Å². The van der Waals surface area contributed by atoms with Gasteiger partial charge in [0.15, 0.2) is 11.4 Å². The van der Waals surface area contributed by atoms with Crippen molar-refractivity contribution in [3.05, 3.63) is 34.1 Å². The molecule has 0 amide bonds. The molecule has 0 aliphatic carbocycles. The van der Waals surface area contributed by atoms with Gasteiger partial charge in [-0.05, 0) is 13.0 Å². The van der Waals surface area contributed by atoms with Crippen LogP contribution in [0.2, 0.25) is 0 Å². The SMILES string of the molecule is Cc1nc(-c2ccc([N+](=O)[O-])o2)cc2nnc(N)n12. The number of fused-ring (bicyclic) bond motifs is 1. The van der Waals surface area contributed by atoms with Crippen molar-refractivity contribution >= 4 is 17.5 Å². The Morgan fingerprint density at radius 2 is 2.21 bits per heavy atom. The highest BCUT2D eigenvalue weighted by Crippen LogP contribution is 2.25. The number of hydrogen-bond donors (Lipinski definition) is 1. The van der Waals surface area contributed by atoms with Crippen LogP contribution in [-0.4, -0.2) is 24.5 Å². The molecule has 0 bridgehead atoms. The highest BCUT2D eigenvalue weighted by Gasteiger charge is 2.16. The fourth-order valence-electron chi connectivity index (χ4n) is 1.80. The fraction of sp³-hybridized carbons (Fsp3) is 0.100. The molecule has 0 saturated carbocycles. The van der Waals surface area contributed by atoms with Gasteiger partial charge >= 0.3 is 5.88 Å². The molecule has 0 saturated heterocycles. The zero-order chi connectivity index (χ0) is 13.6. The van der Waals surface area contributed by atoms with E-state index in [0.717, 1.165) is 0 Å². The van der Waals surface area contributed by atoms with Gasteiger partial charge in [-0.25, -0.2) is 9.38 Å². The number of furan rings is 1. The van der Waals surface area contributed by atoms with Gasteiger partial charge in [0, 0.05) is 6.07 Å². The van der Waals surface area contributed by atoms with Crippen LogP contribution in [0.4, 0.5) is 11.8 Å². The molecule has 2 N–H and O–H groups in total. The Kier molecular flexibility index (Phi) is 2.21. The van der Waals surface area contributed by atoms with Crippen LogP contribution in [0.25, 0.3) is 17.1 Å². The first kappa shape index (κ1) is 11.1. The van der Waals surface area contributed by atoms with E-state index in [1.807, 2.05) is 0 Å². The van der Waals surface area contributed by atoms with Crippen molar-refractivity contribution in [3.63, 3.8) is 0 Å². The Bertz CT molecular complexity index is 790. The van der Waals surface area contributed by atoms with E-state index < -0.39 is 4.92 Å². The van der Waals surface area contributed by atoms with Crippen molar-refractivity contribution in [2.75, 3.05) is 5.73 Å². The summed E-state index contributed by atoms with van der Waals surface area (Å²) < 4.78 is 6.66. The minimum atomic E-state index is -0.607. The summed E-state index contributed by atoms with van der Waals surface area (Å²) in [5.41, 5.74) is 6.58. The Morgan fingerprint density at radius 1 is 1.42 bits per heavy atom. The third kappa shape index (κ3) is 1.68. The van der Waals surface area contributed by atoms with Gasteiger partial charge in [-0.3, -0.25) is 10.1 Å². The molecule has 9 heteroatoms. The van der Waals surface area contributed by atoms with E-state index in [9.17, 15) is 10.1 Å². The van der Waals surface area contributed by atoms with Gasteiger partial charge in [0.05, 0.1) is 6.07 Å². The van der Waals surface area contributed by atoms with Crippen LogP contribution in [0.3, 0.4) is 0 Å². The van der Waals surface area contributed by atoms with Gasteiger partial charge < -0.3 is 10.2 Å². The first-order valence-corrected chi connectivity index (χ1v) is 5.29. The van der Waals surface area contributed by atoms with E-state index in [4.69, 9.17) is 10.2 Å². The van der Waals surface area contributed by atoms with Crippen molar-refractivity contribution in [2.45, 2.75) is 6.92 Å². The third-order valence-electron chi connectivity index (χ3n) is 2.61. The Morgan fingerprint density at radius 3 is 2.89 bits per heavy atom. The number of nitrogen functional groups attached to an aromatic ring is 1. The van der Waals surface area contributed by atoms with E-state index in [-0.39, 0.29) is 11.8 Å². The Labute approximate surface area is 105 Å². The van der Waals surface area contributed by atoms with E-state index in [2.05, 4.69) is 15.2 Å². The maximum atomic E-state index is 10.6. The molecule has 0 unspecified atom stereocenters. The number of rotatable bonds is 2. The molecule has 0 aliphatic heterocycles. The summed E-state index contributed by atoms with van der Waals surface area (Å²) in [4.78, 5) is 14.2. The molecule has 9 nitrogen and oxygen atoms in total. The smallest absolute Gasteiger partial charge is 0.399 e. The number of aromatic nitrogens is 4. The second-order valence-corrected chi connectivity index (χ2v) is 3.84. The van der Waals surface area contributed by atoms with E-state index in [1.165, 1.54) is 12.1 Å². The topological polar surface area (TPSA) is 125 Å². The number of hydrogen-bond acceptors (Lipinski definition) is 7. The second kappa shape index (κ2) is 3.77. The molecule has 0 aromatic carbocycles. The fourth-order valence-corrected chi connectivity index (χ4v) is 1.80. The average molecular weight is 260 g/mol. The quantitative estimate of drug-likeness (QED) is 0.541. The molecule has 19 heavy (non-hydrogen) atoms. The highest BCUT2D eigenvalue weighted by atomic mass is 16.6. The van der Waals surface area contributed by atoms with Crippen molar-refractivity contribution in [3.8, 4) is 11.5 Å². The predicted molar refractivity (Wildman–Crippen MR) is 64.3 cm³/mol. The lowest BCUT2D eigenvalue weighted by Gasteiger charge is -2.02. The van der Waals surface area contributed by atoms with Crippen LogP contribution >= 0.6 is 0 Å². The van der Waals surface area contributed by atoms with Crippen LogP contribution in [0, 0.1) is 17.0 Å². The molecule has 3 aromatic rings. The summed E-state index contributed by atoms with van der Waals surface area (Å²) in [6.07, 6.45) is 0. The van der Waals surface area contributed by atoms with E-state index in [0.29, 0.717) is 22.9 Å². The van der Waals surface area contributed by atoms with Gasteiger partial charge in [0.2, 0.25) is 5.95 Å². The number of anilines is 1. The van der Waals surface area contributed by atoms with Crippen molar-refractivity contribution in [1.29, 1.82) is 0 Å². The maximum absolute atomic E-state index is 10.6. The largest absolute Gasteiger partial charge is 0.433 e. The number of aryl methyl sites for hydroxylation is 1. The summed E-state index contributed by atoms with van der Waals surface area (Å²) in [5.74, 6) is 0.750. The van der Waals surface area contributed by atoms with Gasteiger partial charge in [-0.15, -0.1) is 10.2 Å². The molecule has 0 atom stereocenters. The standard InChI is InChI=1S/C10H8N6O3/c1-5-12-6(4-8-13-14-10(11)15(5)8)7-2-3-9(19-7)16(17)18/h2-4H,1H3,(H2,11,14). The molecule has 3 heterocycles. The van der Waals surface area contributed by atoms with Crippen LogP contribution < -0.4 is 5.73 Å². The lowest BCUT2D eigenvalue weighted by molar-refractivity contribution is -0.401. The lowest BCUT2D eigenvalue weighted by Crippen LogP contribution is -2.01. The molecule has 3 aromatic heterocycles. The molecule has 96 valence electrons. The highest BCUT2D eigenvalue weighted by molar-refractivity contribution is 5.60. The number of nitro groups is 1. The third-order valence-corrected chi connectivity index (χ3v) is 2.61. The lowest BCUT2D eigenvalue weighted by atomic mass is 10.3. The van der Waals surface area contributed by atoms with Crippen LogP contribution in [0.1, 0.15) is 5.82 Å². The Hall–Kier alpha value is -2.97. The molecule has 0 radical (unpaired) electrons. The minimum Gasteiger partial charge on any atom is -0.399 e. The molecule has 3 rings (SSSR count). The van der Waals surface area contributed by atoms with Crippen LogP contribution in [-0.2, 0) is 0 Å². The maximum Gasteiger partial charge on any atom is 0.433 e. The van der Waals surface area contributed by atoms with Gasteiger partial charge in [0.25, 0.3) is 0 Å². The second-order valence-electron chi connectivity index (χ2n) is 3.84. The summed E-state index contributed by atoms with van der Waals surface area (Å²) in [6.45, 7) is 1.73. The van der Waals surface area contributed by atoms with E-state index in [1.54, 1.807) is 17.4 Å². The van der Waals surface area contributed by atoms with Crippen molar-refractivity contribution < 1.29 is 9.34 Å². The Balaban J connectivity index is 2.16. The summed E-state index contributed by atoms with van der Waals surface area (Å²) >= 11 is 0. The monoisotopic (exact) mass is 260 g/mol. The molecule has 0 aliphatic rings. The zero-order valence-corrected chi connectivity index (χ0v) is 9.77. The van der Waals surface area contributed by atoms with E-state index >= 15 is 0 Å². The summed E-state index contributed by atoms with van der Waals surface area (Å²) in [5, 5.41) is 18.2. The van der Waals surface area contributed by atoms with Gasteiger partial charge in [0.1, 0.15) is 16.4 Å². The normalized spacial score (nSPS) is 11.0.